The first-order chi connectivity index (χ1) is 6.95. The molecule has 1 aromatic carbocycles. The lowest BCUT2D eigenvalue weighted by Crippen LogP contribution is -2.14. The minimum atomic E-state index is 0. The van der Waals surface area contributed by atoms with E-state index < -0.39 is 0 Å². The summed E-state index contributed by atoms with van der Waals surface area (Å²) >= 11 is 2.04. The first-order valence-corrected chi connectivity index (χ1v) is 6.25. The Morgan fingerprint density at radius 1 is 1.07 bits per heavy atom. The van der Waals surface area contributed by atoms with E-state index in [9.17, 15) is 0 Å². The van der Waals surface area contributed by atoms with Gasteiger partial charge in [0.15, 0.2) is 0 Å². The molecule has 1 N–H and O–H groups in total. The van der Waals surface area contributed by atoms with Crippen LogP contribution >= 0.6 is 24.2 Å². The van der Waals surface area contributed by atoms with Gasteiger partial charge in [0.25, 0.3) is 0 Å². The van der Waals surface area contributed by atoms with E-state index in [1.807, 2.05) is 11.8 Å². The Bertz CT molecular complexity index is 258. The van der Waals surface area contributed by atoms with Crippen LogP contribution in [0.1, 0.15) is 19.3 Å². The highest BCUT2D eigenvalue weighted by Crippen LogP contribution is 2.28. The highest BCUT2D eigenvalue weighted by molar-refractivity contribution is 8.00. The predicted molar refractivity (Wildman–Crippen MR) is 70.1 cm³/mol. The van der Waals surface area contributed by atoms with Gasteiger partial charge in [0.2, 0.25) is 0 Å². The van der Waals surface area contributed by atoms with Crippen LogP contribution in [-0.2, 0) is 0 Å². The van der Waals surface area contributed by atoms with Gasteiger partial charge in [-0.2, -0.15) is 0 Å². The summed E-state index contributed by atoms with van der Waals surface area (Å²) in [6.45, 7) is 2.39. The molecule has 2 rings (SSSR count). The SMILES string of the molecule is Cl.c1ccc(SC2CCCNCC2)cc1. The number of rotatable bonds is 2. The molecule has 0 spiro atoms. The van der Waals surface area contributed by atoms with Crippen molar-refractivity contribution in [2.45, 2.75) is 29.4 Å². The molecule has 1 aliphatic rings. The van der Waals surface area contributed by atoms with Gasteiger partial charge in [-0.1, -0.05) is 18.2 Å². The van der Waals surface area contributed by atoms with E-state index in [-0.39, 0.29) is 12.4 Å². The average Bonchev–Trinajstić information content (AvgIpc) is 2.48. The Morgan fingerprint density at radius 2 is 1.87 bits per heavy atom. The van der Waals surface area contributed by atoms with Crippen molar-refractivity contribution in [3.05, 3.63) is 30.3 Å². The van der Waals surface area contributed by atoms with Crippen molar-refractivity contribution in [2.75, 3.05) is 13.1 Å². The van der Waals surface area contributed by atoms with Gasteiger partial charge in [-0.3, -0.25) is 0 Å². The first-order valence-electron chi connectivity index (χ1n) is 5.37. The largest absolute Gasteiger partial charge is 0.317 e. The van der Waals surface area contributed by atoms with Gasteiger partial charge in [-0.25, -0.2) is 0 Å². The van der Waals surface area contributed by atoms with Crippen LogP contribution in [0.5, 0.6) is 0 Å². The van der Waals surface area contributed by atoms with Gasteiger partial charge in [0, 0.05) is 10.1 Å². The molecule has 84 valence electrons. The van der Waals surface area contributed by atoms with Gasteiger partial charge in [0.05, 0.1) is 0 Å². The Hall–Kier alpha value is -0.180. The van der Waals surface area contributed by atoms with E-state index in [1.165, 1.54) is 37.2 Å². The van der Waals surface area contributed by atoms with Crippen molar-refractivity contribution in [1.82, 2.24) is 5.32 Å². The van der Waals surface area contributed by atoms with Gasteiger partial charge < -0.3 is 5.32 Å². The summed E-state index contributed by atoms with van der Waals surface area (Å²) in [5.74, 6) is 0. The Balaban J connectivity index is 0.00000112. The molecule has 1 atom stereocenters. The summed E-state index contributed by atoms with van der Waals surface area (Å²) in [4.78, 5) is 1.42. The molecule has 15 heavy (non-hydrogen) atoms. The maximum atomic E-state index is 3.45. The molecule has 0 saturated carbocycles. The normalized spacial score (nSPS) is 21.5. The second-order valence-corrected chi connectivity index (χ2v) is 5.11. The van der Waals surface area contributed by atoms with Crippen LogP contribution in [0.4, 0.5) is 0 Å². The molecular formula is C12H18ClNS. The Kier molecular flexibility index (Phi) is 6.15. The van der Waals surface area contributed by atoms with Gasteiger partial charge in [-0.05, 0) is 44.5 Å². The summed E-state index contributed by atoms with van der Waals surface area (Å²) < 4.78 is 0. The Labute approximate surface area is 102 Å². The number of halogens is 1. The summed E-state index contributed by atoms with van der Waals surface area (Å²) in [5, 5.41) is 4.26. The predicted octanol–water partition coefficient (Wildman–Crippen LogP) is 3.34. The summed E-state index contributed by atoms with van der Waals surface area (Å²) in [6.07, 6.45) is 3.98. The van der Waals surface area contributed by atoms with Crippen LogP contribution in [0.2, 0.25) is 0 Å². The molecule has 1 nitrogen and oxygen atoms in total. The quantitative estimate of drug-likeness (QED) is 0.855. The van der Waals surface area contributed by atoms with Gasteiger partial charge in [0.1, 0.15) is 0 Å². The third kappa shape index (κ3) is 4.45. The van der Waals surface area contributed by atoms with Gasteiger partial charge in [-0.15, -0.1) is 24.2 Å². The zero-order valence-corrected chi connectivity index (χ0v) is 10.4. The van der Waals surface area contributed by atoms with Crippen LogP contribution in [-0.4, -0.2) is 18.3 Å². The average molecular weight is 244 g/mol. The van der Waals surface area contributed by atoms with E-state index in [4.69, 9.17) is 0 Å². The number of nitrogens with one attached hydrogen (secondary N) is 1. The van der Waals surface area contributed by atoms with E-state index >= 15 is 0 Å². The van der Waals surface area contributed by atoms with Crippen molar-refractivity contribution in [1.29, 1.82) is 0 Å². The molecule has 0 amide bonds. The molecule has 0 aromatic heterocycles. The molecule has 1 aliphatic heterocycles. The lowest BCUT2D eigenvalue weighted by molar-refractivity contribution is 0.703. The summed E-state index contributed by atoms with van der Waals surface area (Å²) in [5.41, 5.74) is 0. The van der Waals surface area contributed by atoms with Crippen LogP contribution in [0, 0.1) is 0 Å². The monoisotopic (exact) mass is 243 g/mol. The van der Waals surface area contributed by atoms with Crippen LogP contribution in [0.15, 0.2) is 35.2 Å². The van der Waals surface area contributed by atoms with E-state index in [2.05, 4.69) is 35.6 Å². The highest BCUT2D eigenvalue weighted by Gasteiger charge is 2.12. The van der Waals surface area contributed by atoms with E-state index in [1.54, 1.807) is 0 Å². The molecule has 1 aromatic rings. The summed E-state index contributed by atoms with van der Waals surface area (Å²) in [6, 6.07) is 10.7. The number of hydrogen-bond acceptors (Lipinski definition) is 2. The van der Waals surface area contributed by atoms with Gasteiger partial charge >= 0.3 is 0 Å². The molecule has 0 aliphatic carbocycles. The molecule has 1 saturated heterocycles. The van der Waals surface area contributed by atoms with Crippen LogP contribution < -0.4 is 5.32 Å². The maximum Gasteiger partial charge on any atom is 0.0107 e. The first kappa shape index (κ1) is 12.9. The molecule has 1 unspecified atom stereocenters. The second-order valence-electron chi connectivity index (χ2n) is 3.73. The molecule has 1 fully saturated rings. The molecule has 0 radical (unpaired) electrons. The third-order valence-corrected chi connectivity index (χ3v) is 3.92. The minimum Gasteiger partial charge on any atom is -0.317 e. The fourth-order valence-electron chi connectivity index (χ4n) is 1.80. The molecule has 3 heteroatoms. The lowest BCUT2D eigenvalue weighted by Gasteiger charge is -2.12. The van der Waals surface area contributed by atoms with Crippen LogP contribution in [0.25, 0.3) is 0 Å². The van der Waals surface area contributed by atoms with Crippen molar-refractivity contribution >= 4 is 24.2 Å². The maximum absolute atomic E-state index is 3.45. The molecule has 1 heterocycles. The van der Waals surface area contributed by atoms with E-state index in [0.717, 1.165) is 5.25 Å². The number of benzene rings is 1. The number of thioether (sulfide) groups is 1. The fourth-order valence-corrected chi connectivity index (χ4v) is 3.02. The minimum absolute atomic E-state index is 0. The highest BCUT2D eigenvalue weighted by atomic mass is 35.5. The molecule has 0 bridgehead atoms. The molecular weight excluding hydrogens is 226 g/mol. The zero-order valence-electron chi connectivity index (χ0n) is 8.82. The van der Waals surface area contributed by atoms with Crippen LogP contribution in [0.3, 0.4) is 0 Å². The second kappa shape index (κ2) is 7.15. The van der Waals surface area contributed by atoms with Crippen molar-refractivity contribution in [2.24, 2.45) is 0 Å². The fraction of sp³-hybridized carbons (Fsp3) is 0.500. The standard InChI is InChI=1S/C12H17NS.ClH/c1-2-5-11(6-3-1)14-12-7-4-9-13-10-8-12;/h1-3,5-6,12-13H,4,7-10H2;1H. The lowest BCUT2D eigenvalue weighted by atomic mass is 10.2. The van der Waals surface area contributed by atoms with Crippen molar-refractivity contribution in [3.63, 3.8) is 0 Å². The topological polar surface area (TPSA) is 12.0 Å². The van der Waals surface area contributed by atoms with E-state index in [0.29, 0.717) is 0 Å². The number of hydrogen-bond donors (Lipinski definition) is 1. The van der Waals surface area contributed by atoms with Crippen molar-refractivity contribution < 1.29 is 0 Å². The summed E-state index contributed by atoms with van der Waals surface area (Å²) in [7, 11) is 0. The van der Waals surface area contributed by atoms with Crippen molar-refractivity contribution in [3.8, 4) is 0 Å². The zero-order chi connectivity index (χ0) is 9.64. The Morgan fingerprint density at radius 3 is 2.67 bits per heavy atom. The third-order valence-electron chi connectivity index (χ3n) is 2.57. The smallest absolute Gasteiger partial charge is 0.0107 e.